The fourth-order valence-corrected chi connectivity index (χ4v) is 1.82. The van der Waals surface area contributed by atoms with Crippen LogP contribution in [-0.4, -0.2) is 37.7 Å². The van der Waals surface area contributed by atoms with Crippen LogP contribution in [0.25, 0.3) is 0 Å². The smallest absolute Gasteiger partial charge is 0.0572 e. The van der Waals surface area contributed by atoms with Gasteiger partial charge in [-0.1, -0.05) is 0 Å². The van der Waals surface area contributed by atoms with E-state index in [9.17, 15) is 0 Å². The van der Waals surface area contributed by atoms with Crippen molar-refractivity contribution >= 4 is 0 Å². The number of ether oxygens (including phenoxy) is 1. The van der Waals surface area contributed by atoms with E-state index in [0.29, 0.717) is 6.10 Å². The minimum atomic E-state index is 0.515. The van der Waals surface area contributed by atoms with E-state index in [0.717, 1.165) is 6.04 Å². The third-order valence-electron chi connectivity index (χ3n) is 3.03. The van der Waals surface area contributed by atoms with Gasteiger partial charge in [0.25, 0.3) is 0 Å². The topological polar surface area (TPSA) is 12.5 Å². The number of methoxy groups -OCH3 is 1. The van der Waals surface area contributed by atoms with Crippen molar-refractivity contribution in [1.29, 1.82) is 0 Å². The van der Waals surface area contributed by atoms with Gasteiger partial charge in [0, 0.05) is 13.2 Å². The van der Waals surface area contributed by atoms with E-state index < -0.39 is 0 Å². The molecule has 2 heteroatoms. The molecule has 1 fully saturated rings. The second kappa shape index (κ2) is 4.83. The average Bonchev–Trinajstić information content (AvgIpc) is 2.07. The normalized spacial score (nSPS) is 34.2. The second-order valence-electron chi connectivity index (χ2n) is 3.91. The molecule has 0 saturated carbocycles. The van der Waals surface area contributed by atoms with E-state index in [1.54, 1.807) is 0 Å². The lowest BCUT2D eigenvalue weighted by molar-refractivity contribution is 0.0624. The van der Waals surface area contributed by atoms with Gasteiger partial charge in [-0.3, -0.25) is 0 Å². The standard InChI is InChI=1S/C10H21NO/c1-9-6-7-10(12-3)5-4-8-11(9)2/h9-10H,4-8H2,1-3H3. The zero-order chi connectivity index (χ0) is 8.97. The maximum Gasteiger partial charge on any atom is 0.0572 e. The Kier molecular flexibility index (Phi) is 4.02. The van der Waals surface area contributed by atoms with Crippen molar-refractivity contribution in [3.63, 3.8) is 0 Å². The Morgan fingerprint density at radius 3 is 2.67 bits per heavy atom. The summed E-state index contributed by atoms with van der Waals surface area (Å²) in [7, 11) is 4.05. The summed E-state index contributed by atoms with van der Waals surface area (Å²) in [5, 5.41) is 0. The van der Waals surface area contributed by atoms with E-state index in [-0.39, 0.29) is 0 Å². The lowest BCUT2D eigenvalue weighted by atomic mass is 10.0. The Balaban J connectivity index is 2.35. The first-order valence-corrected chi connectivity index (χ1v) is 4.97. The molecule has 0 radical (unpaired) electrons. The zero-order valence-electron chi connectivity index (χ0n) is 8.55. The average molecular weight is 171 g/mol. The van der Waals surface area contributed by atoms with E-state index in [1.807, 2.05) is 7.11 Å². The lowest BCUT2D eigenvalue weighted by Crippen LogP contribution is -2.33. The quantitative estimate of drug-likeness (QED) is 0.597. The molecule has 0 aromatic heterocycles. The maximum atomic E-state index is 5.39. The molecule has 0 spiro atoms. The van der Waals surface area contributed by atoms with Gasteiger partial charge >= 0.3 is 0 Å². The van der Waals surface area contributed by atoms with Crippen LogP contribution in [0.2, 0.25) is 0 Å². The zero-order valence-corrected chi connectivity index (χ0v) is 8.55. The van der Waals surface area contributed by atoms with Gasteiger partial charge < -0.3 is 9.64 Å². The number of likely N-dealkylation sites (tertiary alicyclic amines) is 1. The predicted molar refractivity (Wildman–Crippen MR) is 51.4 cm³/mol. The maximum absolute atomic E-state index is 5.39. The fraction of sp³-hybridized carbons (Fsp3) is 1.00. The van der Waals surface area contributed by atoms with Gasteiger partial charge in [-0.25, -0.2) is 0 Å². The highest BCUT2D eigenvalue weighted by Gasteiger charge is 2.16. The molecule has 2 unspecified atom stereocenters. The van der Waals surface area contributed by atoms with Crippen LogP contribution in [0.4, 0.5) is 0 Å². The number of hydrogen-bond acceptors (Lipinski definition) is 2. The molecule has 1 saturated heterocycles. The van der Waals surface area contributed by atoms with E-state index in [1.165, 1.54) is 32.2 Å². The van der Waals surface area contributed by atoms with Gasteiger partial charge in [0.05, 0.1) is 6.10 Å². The van der Waals surface area contributed by atoms with Crippen LogP contribution in [0, 0.1) is 0 Å². The van der Waals surface area contributed by atoms with Gasteiger partial charge in [-0.15, -0.1) is 0 Å². The van der Waals surface area contributed by atoms with Crippen LogP contribution in [0.1, 0.15) is 32.6 Å². The van der Waals surface area contributed by atoms with Crippen molar-refractivity contribution in [2.24, 2.45) is 0 Å². The second-order valence-corrected chi connectivity index (χ2v) is 3.91. The molecule has 1 heterocycles. The molecule has 0 aromatic carbocycles. The Bertz CT molecular complexity index is 125. The minimum Gasteiger partial charge on any atom is -0.381 e. The molecule has 12 heavy (non-hydrogen) atoms. The van der Waals surface area contributed by atoms with Crippen LogP contribution >= 0.6 is 0 Å². The van der Waals surface area contributed by atoms with E-state index in [2.05, 4.69) is 18.9 Å². The third kappa shape index (κ3) is 2.76. The Morgan fingerprint density at radius 1 is 1.25 bits per heavy atom. The summed E-state index contributed by atoms with van der Waals surface area (Å²) >= 11 is 0. The van der Waals surface area contributed by atoms with Crippen LogP contribution in [0.3, 0.4) is 0 Å². The first kappa shape index (κ1) is 10.0. The summed E-state index contributed by atoms with van der Waals surface area (Å²) < 4.78 is 5.39. The molecule has 1 rings (SSSR count). The van der Waals surface area contributed by atoms with Crippen LogP contribution in [0.5, 0.6) is 0 Å². The van der Waals surface area contributed by atoms with E-state index in [4.69, 9.17) is 4.74 Å². The first-order chi connectivity index (χ1) is 5.74. The monoisotopic (exact) mass is 171 g/mol. The van der Waals surface area contributed by atoms with Crippen LogP contribution < -0.4 is 0 Å². The Hall–Kier alpha value is -0.0800. The highest BCUT2D eigenvalue weighted by Crippen LogP contribution is 2.17. The van der Waals surface area contributed by atoms with Gasteiger partial charge in [-0.2, -0.15) is 0 Å². The molecular weight excluding hydrogens is 150 g/mol. The fourth-order valence-electron chi connectivity index (χ4n) is 1.82. The van der Waals surface area contributed by atoms with Crippen LogP contribution in [0.15, 0.2) is 0 Å². The number of hydrogen-bond donors (Lipinski definition) is 0. The summed E-state index contributed by atoms with van der Waals surface area (Å²) in [6.45, 7) is 3.53. The largest absolute Gasteiger partial charge is 0.381 e. The summed E-state index contributed by atoms with van der Waals surface area (Å²) in [6, 6.07) is 0.725. The minimum absolute atomic E-state index is 0.515. The summed E-state index contributed by atoms with van der Waals surface area (Å²) in [5.41, 5.74) is 0. The molecule has 0 N–H and O–H groups in total. The van der Waals surface area contributed by atoms with Gasteiger partial charge in [0.1, 0.15) is 0 Å². The molecular formula is C10H21NO. The van der Waals surface area contributed by atoms with Crippen molar-refractivity contribution in [2.75, 3.05) is 20.7 Å². The van der Waals surface area contributed by atoms with Crippen molar-refractivity contribution in [3.8, 4) is 0 Å². The van der Waals surface area contributed by atoms with Gasteiger partial charge in [0.15, 0.2) is 0 Å². The van der Waals surface area contributed by atoms with Crippen molar-refractivity contribution in [3.05, 3.63) is 0 Å². The molecule has 1 aliphatic rings. The summed E-state index contributed by atoms with van der Waals surface area (Å²) in [5.74, 6) is 0. The molecule has 0 bridgehead atoms. The molecule has 72 valence electrons. The predicted octanol–water partition coefficient (Wildman–Crippen LogP) is 1.90. The van der Waals surface area contributed by atoms with Gasteiger partial charge in [-0.05, 0) is 46.2 Å². The third-order valence-corrected chi connectivity index (χ3v) is 3.03. The lowest BCUT2D eigenvalue weighted by Gasteiger charge is -2.29. The van der Waals surface area contributed by atoms with Crippen molar-refractivity contribution in [1.82, 2.24) is 4.90 Å². The summed E-state index contributed by atoms with van der Waals surface area (Å²) in [4.78, 5) is 2.45. The molecule has 2 atom stereocenters. The highest BCUT2D eigenvalue weighted by atomic mass is 16.5. The SMILES string of the molecule is COC1CCCN(C)C(C)CC1. The molecule has 2 nitrogen and oxygen atoms in total. The Labute approximate surface area is 75.9 Å². The Morgan fingerprint density at radius 2 is 2.00 bits per heavy atom. The number of rotatable bonds is 1. The van der Waals surface area contributed by atoms with E-state index >= 15 is 0 Å². The van der Waals surface area contributed by atoms with Crippen LogP contribution in [-0.2, 0) is 4.74 Å². The van der Waals surface area contributed by atoms with Crippen molar-refractivity contribution in [2.45, 2.75) is 44.8 Å². The highest BCUT2D eigenvalue weighted by molar-refractivity contribution is 4.71. The number of nitrogens with zero attached hydrogens (tertiary/aromatic N) is 1. The molecule has 0 aromatic rings. The van der Waals surface area contributed by atoms with Gasteiger partial charge in [0.2, 0.25) is 0 Å². The molecule has 0 aliphatic carbocycles. The molecule has 1 aliphatic heterocycles. The molecule has 0 amide bonds. The first-order valence-electron chi connectivity index (χ1n) is 4.97. The summed E-state index contributed by atoms with van der Waals surface area (Å²) in [6.07, 6.45) is 5.52. The van der Waals surface area contributed by atoms with Crippen molar-refractivity contribution < 1.29 is 4.74 Å².